The molecule has 0 aromatic heterocycles. The molecular formula is C21H27NO. The molecule has 0 atom stereocenters. The lowest BCUT2D eigenvalue weighted by Gasteiger charge is -2.19. The Balaban J connectivity index is 1.42. The highest BCUT2D eigenvalue weighted by Crippen LogP contribution is 2.22. The van der Waals surface area contributed by atoms with Gasteiger partial charge in [0.15, 0.2) is 0 Å². The van der Waals surface area contributed by atoms with Crippen LogP contribution >= 0.6 is 0 Å². The fraction of sp³-hybridized carbons (Fsp3) is 0.429. The molecule has 2 aromatic carbocycles. The van der Waals surface area contributed by atoms with Crippen LogP contribution in [0.3, 0.4) is 0 Å². The first-order chi connectivity index (χ1) is 11.4. The second-order valence-corrected chi connectivity index (χ2v) is 6.35. The van der Waals surface area contributed by atoms with Crippen LogP contribution in [0.5, 0.6) is 5.75 Å². The lowest BCUT2D eigenvalue weighted by molar-refractivity contribution is 0.240. The van der Waals surface area contributed by atoms with E-state index in [9.17, 15) is 0 Å². The lowest BCUT2D eigenvalue weighted by Crippen LogP contribution is -2.26. The summed E-state index contributed by atoms with van der Waals surface area (Å²) >= 11 is 0. The van der Waals surface area contributed by atoms with Gasteiger partial charge in [0, 0.05) is 6.54 Å². The Morgan fingerprint density at radius 3 is 2.09 bits per heavy atom. The molecule has 1 heterocycles. The van der Waals surface area contributed by atoms with Crippen molar-refractivity contribution in [3.63, 3.8) is 0 Å². The third-order valence-corrected chi connectivity index (χ3v) is 4.55. The third kappa shape index (κ3) is 5.11. The Labute approximate surface area is 140 Å². The van der Waals surface area contributed by atoms with E-state index in [4.69, 9.17) is 4.74 Å². The molecule has 1 fully saturated rings. The Kier molecular flexibility index (Phi) is 6.10. The minimum Gasteiger partial charge on any atom is -0.494 e. The average molecular weight is 309 g/mol. The van der Waals surface area contributed by atoms with E-state index in [-0.39, 0.29) is 0 Å². The molecule has 0 aliphatic carbocycles. The Morgan fingerprint density at radius 2 is 1.39 bits per heavy atom. The zero-order chi connectivity index (χ0) is 15.7. The third-order valence-electron chi connectivity index (χ3n) is 4.55. The summed E-state index contributed by atoms with van der Waals surface area (Å²) in [7, 11) is 0. The number of hydrogen-bond donors (Lipinski definition) is 0. The molecule has 1 saturated heterocycles. The maximum Gasteiger partial charge on any atom is 0.119 e. The number of hydrogen-bond acceptors (Lipinski definition) is 2. The van der Waals surface area contributed by atoms with E-state index in [1.165, 1.54) is 56.4 Å². The quantitative estimate of drug-likeness (QED) is 0.696. The van der Waals surface area contributed by atoms with Crippen molar-refractivity contribution in [3.05, 3.63) is 54.6 Å². The monoisotopic (exact) mass is 309 g/mol. The molecule has 2 heteroatoms. The van der Waals surface area contributed by atoms with Crippen LogP contribution in [0.4, 0.5) is 0 Å². The summed E-state index contributed by atoms with van der Waals surface area (Å²) in [6, 6.07) is 18.9. The highest BCUT2D eigenvalue weighted by Gasteiger charge is 2.08. The van der Waals surface area contributed by atoms with Crippen LogP contribution < -0.4 is 4.74 Å². The molecule has 0 bridgehead atoms. The van der Waals surface area contributed by atoms with Crippen LogP contribution in [0.2, 0.25) is 0 Å². The topological polar surface area (TPSA) is 12.5 Å². The molecule has 1 aliphatic rings. The van der Waals surface area contributed by atoms with Crippen molar-refractivity contribution >= 4 is 0 Å². The molecule has 0 spiro atoms. The average Bonchev–Trinajstić information content (AvgIpc) is 2.89. The number of nitrogens with zero attached hydrogens (tertiary/aromatic N) is 1. The van der Waals surface area contributed by atoms with Crippen molar-refractivity contribution < 1.29 is 4.74 Å². The summed E-state index contributed by atoms with van der Waals surface area (Å²) in [4.78, 5) is 2.59. The normalized spacial score (nSPS) is 16.0. The van der Waals surface area contributed by atoms with E-state index in [2.05, 4.69) is 53.4 Å². The standard InChI is InChI=1S/C21H27NO/c1-2-7-16-22(15-6-1)17-8-18-23-21-13-11-20(12-14-21)19-9-4-3-5-10-19/h3-5,9-14H,1-2,6-8,15-18H2. The van der Waals surface area contributed by atoms with Gasteiger partial charge in [-0.15, -0.1) is 0 Å². The number of rotatable bonds is 6. The van der Waals surface area contributed by atoms with Gasteiger partial charge in [0.25, 0.3) is 0 Å². The maximum atomic E-state index is 5.89. The Morgan fingerprint density at radius 1 is 0.739 bits per heavy atom. The SMILES string of the molecule is c1ccc(-c2ccc(OCCCN3CCCCCC3)cc2)cc1. The second-order valence-electron chi connectivity index (χ2n) is 6.35. The van der Waals surface area contributed by atoms with Crippen molar-refractivity contribution in [1.29, 1.82) is 0 Å². The molecule has 2 aromatic rings. The van der Waals surface area contributed by atoms with E-state index in [0.717, 1.165) is 18.8 Å². The van der Waals surface area contributed by atoms with Crippen LogP contribution in [0.15, 0.2) is 54.6 Å². The van der Waals surface area contributed by atoms with Gasteiger partial charge in [-0.05, 0) is 55.6 Å². The van der Waals surface area contributed by atoms with Crippen molar-refractivity contribution in [1.82, 2.24) is 4.90 Å². The molecule has 0 radical (unpaired) electrons. The Hall–Kier alpha value is -1.80. The number of likely N-dealkylation sites (tertiary alicyclic amines) is 1. The summed E-state index contributed by atoms with van der Waals surface area (Å²) in [6.07, 6.45) is 6.64. The van der Waals surface area contributed by atoms with Gasteiger partial charge in [-0.1, -0.05) is 55.3 Å². The smallest absolute Gasteiger partial charge is 0.119 e. The zero-order valence-corrected chi connectivity index (χ0v) is 13.9. The summed E-state index contributed by atoms with van der Waals surface area (Å²) in [5.41, 5.74) is 2.49. The van der Waals surface area contributed by atoms with Crippen LogP contribution in [0.25, 0.3) is 11.1 Å². The second kappa shape index (κ2) is 8.73. The van der Waals surface area contributed by atoms with Gasteiger partial charge in [0.2, 0.25) is 0 Å². The highest BCUT2D eigenvalue weighted by atomic mass is 16.5. The molecule has 122 valence electrons. The minimum absolute atomic E-state index is 0.807. The van der Waals surface area contributed by atoms with E-state index in [1.807, 2.05) is 6.07 Å². The van der Waals surface area contributed by atoms with E-state index in [1.54, 1.807) is 0 Å². The fourth-order valence-corrected chi connectivity index (χ4v) is 3.21. The Bertz CT molecular complexity index is 556. The number of ether oxygens (including phenoxy) is 1. The van der Waals surface area contributed by atoms with Crippen LogP contribution in [0.1, 0.15) is 32.1 Å². The van der Waals surface area contributed by atoms with Gasteiger partial charge in [0.05, 0.1) is 6.61 Å². The van der Waals surface area contributed by atoms with Gasteiger partial charge in [-0.25, -0.2) is 0 Å². The van der Waals surface area contributed by atoms with Crippen molar-refractivity contribution in [2.75, 3.05) is 26.2 Å². The van der Waals surface area contributed by atoms with E-state index in [0.29, 0.717) is 0 Å². The molecule has 1 aliphatic heterocycles. The number of benzene rings is 2. The lowest BCUT2D eigenvalue weighted by atomic mass is 10.1. The predicted molar refractivity (Wildman–Crippen MR) is 96.9 cm³/mol. The molecule has 0 N–H and O–H groups in total. The van der Waals surface area contributed by atoms with Crippen molar-refractivity contribution in [2.24, 2.45) is 0 Å². The summed E-state index contributed by atoms with van der Waals surface area (Å²) < 4.78 is 5.89. The summed E-state index contributed by atoms with van der Waals surface area (Å²) in [5, 5.41) is 0. The molecule has 23 heavy (non-hydrogen) atoms. The molecule has 0 amide bonds. The van der Waals surface area contributed by atoms with Gasteiger partial charge in [-0.3, -0.25) is 0 Å². The fourth-order valence-electron chi connectivity index (χ4n) is 3.21. The molecule has 2 nitrogen and oxygen atoms in total. The summed E-state index contributed by atoms with van der Waals surface area (Å²) in [5.74, 6) is 0.973. The van der Waals surface area contributed by atoms with Crippen LogP contribution in [-0.4, -0.2) is 31.1 Å². The largest absolute Gasteiger partial charge is 0.494 e. The molecular weight excluding hydrogens is 282 g/mol. The first-order valence-electron chi connectivity index (χ1n) is 8.92. The van der Waals surface area contributed by atoms with Gasteiger partial charge in [-0.2, -0.15) is 0 Å². The summed E-state index contributed by atoms with van der Waals surface area (Å²) in [6.45, 7) is 4.51. The highest BCUT2D eigenvalue weighted by molar-refractivity contribution is 5.63. The van der Waals surface area contributed by atoms with Crippen LogP contribution in [-0.2, 0) is 0 Å². The predicted octanol–water partition coefficient (Wildman–Crippen LogP) is 5.00. The molecule has 0 unspecified atom stereocenters. The van der Waals surface area contributed by atoms with E-state index >= 15 is 0 Å². The first-order valence-corrected chi connectivity index (χ1v) is 8.92. The molecule has 3 rings (SSSR count). The minimum atomic E-state index is 0.807. The van der Waals surface area contributed by atoms with Crippen LogP contribution in [0, 0.1) is 0 Å². The van der Waals surface area contributed by atoms with Crippen molar-refractivity contribution in [2.45, 2.75) is 32.1 Å². The maximum absolute atomic E-state index is 5.89. The zero-order valence-electron chi connectivity index (χ0n) is 13.9. The van der Waals surface area contributed by atoms with E-state index < -0.39 is 0 Å². The molecule has 0 saturated carbocycles. The van der Waals surface area contributed by atoms with Gasteiger partial charge >= 0.3 is 0 Å². The van der Waals surface area contributed by atoms with Gasteiger partial charge < -0.3 is 9.64 Å². The first kappa shape index (κ1) is 16.1. The van der Waals surface area contributed by atoms with Gasteiger partial charge in [0.1, 0.15) is 5.75 Å². The van der Waals surface area contributed by atoms with Crippen molar-refractivity contribution in [3.8, 4) is 16.9 Å².